The van der Waals surface area contributed by atoms with Gasteiger partial charge in [-0.25, -0.2) is 9.97 Å². The molecular formula is C15H11IN4O2. The lowest BCUT2D eigenvalue weighted by molar-refractivity contribution is 0.102. The minimum absolute atomic E-state index is 0.199. The Kier molecular flexibility index (Phi) is 4.05. The van der Waals surface area contributed by atoms with E-state index in [-0.39, 0.29) is 11.6 Å². The zero-order valence-electron chi connectivity index (χ0n) is 11.3. The molecule has 3 N–H and O–H groups in total. The number of aromatic nitrogens is 2. The Labute approximate surface area is 139 Å². The number of hydrogen-bond donors (Lipinski definition) is 2. The third-order valence-electron chi connectivity index (χ3n) is 2.87. The Bertz CT molecular complexity index is 797. The molecular weight excluding hydrogens is 395 g/mol. The molecule has 22 heavy (non-hydrogen) atoms. The van der Waals surface area contributed by atoms with Gasteiger partial charge in [0.15, 0.2) is 5.69 Å². The lowest BCUT2D eigenvalue weighted by Crippen LogP contribution is -2.12. The van der Waals surface area contributed by atoms with Crippen molar-refractivity contribution in [2.24, 2.45) is 0 Å². The van der Waals surface area contributed by atoms with Crippen molar-refractivity contribution in [3.05, 3.63) is 58.1 Å². The van der Waals surface area contributed by atoms with Crippen LogP contribution in [0.2, 0.25) is 0 Å². The number of nitrogen functional groups attached to an aromatic ring is 1. The molecule has 1 aromatic carbocycles. The highest BCUT2D eigenvalue weighted by Gasteiger charge is 2.13. The molecule has 3 aromatic rings. The molecule has 3 rings (SSSR count). The minimum Gasteiger partial charge on any atom is -0.444 e. The zero-order chi connectivity index (χ0) is 15.5. The van der Waals surface area contributed by atoms with Gasteiger partial charge in [0.25, 0.3) is 5.91 Å². The summed E-state index contributed by atoms with van der Waals surface area (Å²) in [7, 11) is 0. The first-order valence-electron chi connectivity index (χ1n) is 6.36. The van der Waals surface area contributed by atoms with Crippen LogP contribution in [0.5, 0.6) is 0 Å². The van der Waals surface area contributed by atoms with Gasteiger partial charge < -0.3 is 15.5 Å². The number of oxazole rings is 1. The van der Waals surface area contributed by atoms with Gasteiger partial charge >= 0.3 is 0 Å². The molecule has 0 aliphatic carbocycles. The van der Waals surface area contributed by atoms with Crippen molar-refractivity contribution in [2.45, 2.75) is 0 Å². The second kappa shape index (κ2) is 6.14. The molecule has 0 aliphatic heterocycles. The van der Waals surface area contributed by atoms with Crippen LogP contribution in [0.4, 0.5) is 11.5 Å². The molecule has 0 unspecified atom stereocenters. The molecule has 2 aromatic heterocycles. The maximum atomic E-state index is 12.1. The maximum absolute atomic E-state index is 12.1. The number of amides is 1. The highest BCUT2D eigenvalue weighted by molar-refractivity contribution is 14.1. The summed E-state index contributed by atoms with van der Waals surface area (Å²) < 4.78 is 6.41. The Morgan fingerprint density at radius 1 is 1.18 bits per heavy atom. The number of nitrogens with one attached hydrogen (secondary N) is 1. The van der Waals surface area contributed by atoms with Gasteiger partial charge in [-0.05, 0) is 59.0 Å². The number of carbonyl (C=O) groups excluding carboxylic acids is 1. The average molecular weight is 406 g/mol. The largest absolute Gasteiger partial charge is 0.444 e. The van der Waals surface area contributed by atoms with E-state index in [0.717, 1.165) is 3.57 Å². The quantitative estimate of drug-likeness (QED) is 0.652. The van der Waals surface area contributed by atoms with Crippen molar-refractivity contribution >= 4 is 40.0 Å². The first-order valence-corrected chi connectivity index (χ1v) is 7.44. The van der Waals surface area contributed by atoms with E-state index >= 15 is 0 Å². The number of rotatable bonds is 3. The summed E-state index contributed by atoms with van der Waals surface area (Å²) >= 11 is 2.20. The van der Waals surface area contributed by atoms with Crippen molar-refractivity contribution in [1.29, 1.82) is 0 Å². The molecule has 1 amide bonds. The Morgan fingerprint density at radius 2 is 1.95 bits per heavy atom. The standard InChI is InChI=1S/C15H11IN4O2/c16-10-2-4-11(5-3-10)19-14(21)12-8-22-15(20-12)9-1-6-13(17)18-7-9/h1-8H,(H2,17,18)(H,19,21). The third-order valence-corrected chi connectivity index (χ3v) is 3.59. The molecule has 6 nitrogen and oxygen atoms in total. The molecule has 7 heteroatoms. The fraction of sp³-hybridized carbons (Fsp3) is 0. The SMILES string of the molecule is Nc1ccc(-c2nc(C(=O)Nc3ccc(I)cc3)co2)cn1. The number of carbonyl (C=O) groups is 1. The molecule has 0 atom stereocenters. The van der Waals surface area contributed by atoms with Crippen LogP contribution < -0.4 is 11.1 Å². The summed E-state index contributed by atoms with van der Waals surface area (Å²) in [5, 5.41) is 2.76. The Morgan fingerprint density at radius 3 is 2.64 bits per heavy atom. The van der Waals surface area contributed by atoms with Gasteiger partial charge in [-0.2, -0.15) is 0 Å². The highest BCUT2D eigenvalue weighted by Crippen LogP contribution is 2.19. The molecule has 2 heterocycles. The summed E-state index contributed by atoms with van der Waals surface area (Å²) in [5.41, 5.74) is 7.08. The molecule has 0 bridgehead atoms. The van der Waals surface area contributed by atoms with Gasteiger partial charge in [-0.1, -0.05) is 0 Å². The number of hydrogen-bond acceptors (Lipinski definition) is 5. The molecule has 0 spiro atoms. The minimum atomic E-state index is -0.334. The van der Waals surface area contributed by atoms with E-state index in [0.29, 0.717) is 23.0 Å². The lowest BCUT2D eigenvalue weighted by Gasteiger charge is -2.02. The monoisotopic (exact) mass is 406 g/mol. The van der Waals surface area contributed by atoms with Gasteiger partial charge in [0, 0.05) is 15.5 Å². The van der Waals surface area contributed by atoms with Crippen LogP contribution in [0.3, 0.4) is 0 Å². The average Bonchev–Trinajstić information content (AvgIpc) is 3.00. The smallest absolute Gasteiger partial charge is 0.277 e. The lowest BCUT2D eigenvalue weighted by atomic mass is 10.3. The molecule has 0 fully saturated rings. The summed E-state index contributed by atoms with van der Waals surface area (Å²) in [6.45, 7) is 0. The second-order valence-electron chi connectivity index (χ2n) is 4.47. The highest BCUT2D eigenvalue weighted by atomic mass is 127. The van der Waals surface area contributed by atoms with E-state index in [9.17, 15) is 4.79 Å². The predicted octanol–water partition coefficient (Wildman–Crippen LogP) is 3.18. The van der Waals surface area contributed by atoms with Crippen LogP contribution in [-0.2, 0) is 0 Å². The molecule has 0 aliphatic rings. The van der Waals surface area contributed by atoms with Gasteiger partial charge in [0.2, 0.25) is 5.89 Å². The van der Waals surface area contributed by atoms with E-state index < -0.39 is 0 Å². The number of nitrogens with two attached hydrogens (primary N) is 1. The van der Waals surface area contributed by atoms with Crippen LogP contribution in [0.1, 0.15) is 10.5 Å². The zero-order valence-corrected chi connectivity index (χ0v) is 13.4. The fourth-order valence-corrected chi connectivity index (χ4v) is 2.13. The topological polar surface area (TPSA) is 94.0 Å². The molecule has 110 valence electrons. The first-order chi connectivity index (χ1) is 10.6. The van der Waals surface area contributed by atoms with E-state index in [4.69, 9.17) is 10.2 Å². The van der Waals surface area contributed by atoms with Crippen molar-refractivity contribution in [3.8, 4) is 11.5 Å². The number of halogens is 1. The Balaban J connectivity index is 1.76. The van der Waals surface area contributed by atoms with Crippen molar-refractivity contribution in [2.75, 3.05) is 11.1 Å². The molecule has 0 saturated carbocycles. The Hall–Kier alpha value is -2.42. The van der Waals surface area contributed by atoms with Gasteiger partial charge in [0.05, 0.1) is 5.56 Å². The van der Waals surface area contributed by atoms with Crippen molar-refractivity contribution in [1.82, 2.24) is 9.97 Å². The summed E-state index contributed by atoms with van der Waals surface area (Å²) in [5.74, 6) is 0.395. The number of pyridine rings is 1. The van der Waals surface area contributed by atoms with E-state index in [1.54, 1.807) is 18.3 Å². The van der Waals surface area contributed by atoms with Crippen LogP contribution in [-0.4, -0.2) is 15.9 Å². The van der Waals surface area contributed by atoms with Crippen LogP contribution in [0.15, 0.2) is 53.3 Å². The maximum Gasteiger partial charge on any atom is 0.277 e. The van der Waals surface area contributed by atoms with E-state index in [2.05, 4.69) is 37.9 Å². The van der Waals surface area contributed by atoms with Gasteiger partial charge in [-0.15, -0.1) is 0 Å². The number of nitrogens with zero attached hydrogens (tertiary/aromatic N) is 2. The normalized spacial score (nSPS) is 10.4. The van der Waals surface area contributed by atoms with Crippen LogP contribution in [0.25, 0.3) is 11.5 Å². The number of benzene rings is 1. The molecule has 0 saturated heterocycles. The number of anilines is 2. The van der Waals surface area contributed by atoms with Gasteiger partial charge in [0.1, 0.15) is 12.1 Å². The van der Waals surface area contributed by atoms with E-state index in [1.807, 2.05) is 24.3 Å². The van der Waals surface area contributed by atoms with Gasteiger partial charge in [-0.3, -0.25) is 4.79 Å². The first kappa shape index (κ1) is 14.5. The van der Waals surface area contributed by atoms with E-state index in [1.165, 1.54) is 6.26 Å². The fourth-order valence-electron chi connectivity index (χ4n) is 1.77. The van der Waals surface area contributed by atoms with Crippen LogP contribution in [0, 0.1) is 3.57 Å². The molecule has 0 radical (unpaired) electrons. The summed E-state index contributed by atoms with van der Waals surface area (Å²) in [6, 6.07) is 10.8. The third kappa shape index (κ3) is 3.25. The van der Waals surface area contributed by atoms with Crippen LogP contribution >= 0.6 is 22.6 Å². The second-order valence-corrected chi connectivity index (χ2v) is 5.72. The summed E-state index contributed by atoms with van der Waals surface area (Å²) in [6.07, 6.45) is 2.86. The summed E-state index contributed by atoms with van der Waals surface area (Å²) in [4.78, 5) is 20.3. The van der Waals surface area contributed by atoms with Crippen molar-refractivity contribution in [3.63, 3.8) is 0 Å². The van der Waals surface area contributed by atoms with Crippen molar-refractivity contribution < 1.29 is 9.21 Å². The predicted molar refractivity (Wildman–Crippen MR) is 91.3 cm³/mol.